The van der Waals surface area contributed by atoms with Crippen LogP contribution in [0.15, 0.2) is 29.2 Å². The molecule has 2 unspecified atom stereocenters. The Morgan fingerprint density at radius 1 is 1.25 bits per heavy atom. The van der Waals surface area contributed by atoms with Gasteiger partial charge in [0.1, 0.15) is 0 Å². The third-order valence-electron chi connectivity index (χ3n) is 3.94. The molecule has 1 aliphatic carbocycles. The van der Waals surface area contributed by atoms with Gasteiger partial charge in [-0.05, 0) is 42.9 Å². The molecule has 112 valence electrons. The van der Waals surface area contributed by atoms with Crippen molar-refractivity contribution in [2.24, 2.45) is 5.92 Å². The fraction of sp³-hybridized carbons (Fsp3) is 0.600. The van der Waals surface area contributed by atoms with Crippen LogP contribution in [0.4, 0.5) is 0 Å². The van der Waals surface area contributed by atoms with Crippen molar-refractivity contribution in [3.63, 3.8) is 0 Å². The van der Waals surface area contributed by atoms with Crippen LogP contribution in [0, 0.1) is 5.92 Å². The van der Waals surface area contributed by atoms with E-state index in [1.165, 1.54) is 5.56 Å². The van der Waals surface area contributed by atoms with Crippen LogP contribution in [0.5, 0.6) is 0 Å². The molecule has 1 aliphatic rings. The molecule has 1 aromatic carbocycles. The number of nitrogens with one attached hydrogen (secondary N) is 1. The van der Waals surface area contributed by atoms with Crippen molar-refractivity contribution in [3.05, 3.63) is 29.8 Å². The zero-order valence-corrected chi connectivity index (χ0v) is 14.2. The lowest BCUT2D eigenvalue weighted by atomic mass is 10.1. The average molecular weight is 360 g/mol. The maximum atomic E-state index is 12.4. The second-order valence-corrected chi connectivity index (χ2v) is 7.83. The van der Waals surface area contributed by atoms with Crippen LogP contribution in [-0.4, -0.2) is 19.8 Å². The van der Waals surface area contributed by atoms with Crippen molar-refractivity contribution in [1.82, 2.24) is 4.72 Å². The van der Waals surface area contributed by atoms with E-state index in [0.717, 1.165) is 37.4 Å². The van der Waals surface area contributed by atoms with Gasteiger partial charge in [0.15, 0.2) is 0 Å². The number of alkyl halides is 1. The monoisotopic (exact) mass is 359 g/mol. The van der Waals surface area contributed by atoms with E-state index in [4.69, 9.17) is 0 Å². The first-order valence-electron chi connectivity index (χ1n) is 7.24. The smallest absolute Gasteiger partial charge is 0.208 e. The normalized spacial score (nSPS) is 23.1. The molecule has 0 aliphatic heterocycles. The van der Waals surface area contributed by atoms with Gasteiger partial charge in [-0.25, -0.2) is 13.1 Å². The summed E-state index contributed by atoms with van der Waals surface area (Å²) in [4.78, 5) is 0.373. The minimum atomic E-state index is -3.39. The number of aryl methyl sites for hydroxylation is 1. The molecule has 20 heavy (non-hydrogen) atoms. The second kappa shape index (κ2) is 7.05. The van der Waals surface area contributed by atoms with Gasteiger partial charge < -0.3 is 0 Å². The highest BCUT2D eigenvalue weighted by Gasteiger charge is 2.30. The number of sulfonamides is 1. The van der Waals surface area contributed by atoms with Gasteiger partial charge in [0, 0.05) is 11.4 Å². The summed E-state index contributed by atoms with van der Waals surface area (Å²) in [6.45, 7) is 2.12. The fourth-order valence-corrected chi connectivity index (χ4v) is 4.88. The van der Waals surface area contributed by atoms with E-state index >= 15 is 0 Å². The van der Waals surface area contributed by atoms with E-state index in [9.17, 15) is 8.42 Å². The van der Waals surface area contributed by atoms with Crippen LogP contribution in [0.1, 0.15) is 38.2 Å². The van der Waals surface area contributed by atoms with Gasteiger partial charge in [0.2, 0.25) is 10.0 Å². The number of rotatable bonds is 6. The summed E-state index contributed by atoms with van der Waals surface area (Å²) in [5.41, 5.74) is 1.19. The van der Waals surface area contributed by atoms with Gasteiger partial charge in [0.25, 0.3) is 0 Å². The molecule has 1 fully saturated rings. The van der Waals surface area contributed by atoms with Crippen LogP contribution >= 0.6 is 15.9 Å². The van der Waals surface area contributed by atoms with Crippen LogP contribution in [0.3, 0.4) is 0 Å². The standard InChI is InChI=1S/C15H22BrNO2S/c1-2-4-12-7-9-14(10-8-12)20(18,19)17-15-6-3-5-13(15)11-16/h7-10,13,15,17H,2-6,11H2,1H3. The summed E-state index contributed by atoms with van der Waals surface area (Å²) in [7, 11) is -3.39. The van der Waals surface area contributed by atoms with E-state index in [1.807, 2.05) is 12.1 Å². The number of halogens is 1. The lowest BCUT2D eigenvalue weighted by Crippen LogP contribution is -2.37. The Balaban J connectivity index is 2.09. The van der Waals surface area contributed by atoms with Crippen LogP contribution < -0.4 is 4.72 Å². The van der Waals surface area contributed by atoms with E-state index in [-0.39, 0.29) is 6.04 Å². The van der Waals surface area contributed by atoms with Crippen molar-refractivity contribution < 1.29 is 8.42 Å². The van der Waals surface area contributed by atoms with Gasteiger partial charge in [-0.3, -0.25) is 0 Å². The van der Waals surface area contributed by atoms with Crippen LogP contribution in [-0.2, 0) is 16.4 Å². The number of hydrogen-bond acceptors (Lipinski definition) is 2. The second-order valence-electron chi connectivity index (χ2n) is 5.47. The highest BCUT2D eigenvalue weighted by atomic mass is 79.9. The van der Waals surface area contributed by atoms with Gasteiger partial charge in [0.05, 0.1) is 4.90 Å². The molecule has 0 amide bonds. The van der Waals surface area contributed by atoms with Gasteiger partial charge >= 0.3 is 0 Å². The summed E-state index contributed by atoms with van der Waals surface area (Å²) < 4.78 is 27.7. The van der Waals surface area contributed by atoms with Crippen LogP contribution in [0.2, 0.25) is 0 Å². The molecule has 1 N–H and O–H groups in total. The van der Waals surface area contributed by atoms with Gasteiger partial charge in [-0.1, -0.05) is 47.8 Å². The van der Waals surface area contributed by atoms with Crippen LogP contribution in [0.25, 0.3) is 0 Å². The van der Waals surface area contributed by atoms with Crippen molar-refractivity contribution >= 4 is 26.0 Å². The quantitative estimate of drug-likeness (QED) is 0.790. The molecule has 0 saturated heterocycles. The van der Waals surface area contributed by atoms with Crippen molar-refractivity contribution in [2.45, 2.75) is 50.0 Å². The number of benzene rings is 1. The SMILES string of the molecule is CCCc1ccc(S(=O)(=O)NC2CCCC2CBr)cc1. The minimum absolute atomic E-state index is 0.0645. The molecule has 0 bridgehead atoms. The van der Waals surface area contributed by atoms with E-state index in [1.54, 1.807) is 12.1 Å². The van der Waals surface area contributed by atoms with E-state index in [2.05, 4.69) is 27.6 Å². The zero-order chi connectivity index (χ0) is 14.6. The lowest BCUT2D eigenvalue weighted by molar-refractivity contribution is 0.484. The van der Waals surface area contributed by atoms with E-state index in [0.29, 0.717) is 10.8 Å². The molecule has 2 atom stereocenters. The maximum Gasteiger partial charge on any atom is 0.240 e. The fourth-order valence-electron chi connectivity index (χ4n) is 2.77. The first-order chi connectivity index (χ1) is 9.56. The molecule has 0 heterocycles. The minimum Gasteiger partial charge on any atom is -0.208 e. The summed E-state index contributed by atoms with van der Waals surface area (Å²) in [5.74, 6) is 0.407. The Labute approximate surface area is 130 Å². The van der Waals surface area contributed by atoms with Crippen molar-refractivity contribution in [1.29, 1.82) is 0 Å². The highest BCUT2D eigenvalue weighted by Crippen LogP contribution is 2.28. The zero-order valence-electron chi connectivity index (χ0n) is 11.8. The summed E-state index contributed by atoms with van der Waals surface area (Å²) in [5, 5.41) is 0.857. The summed E-state index contributed by atoms with van der Waals surface area (Å²) in [6, 6.07) is 7.31. The first-order valence-corrected chi connectivity index (χ1v) is 9.84. The Hall–Kier alpha value is -0.390. The molecule has 0 spiro atoms. The third-order valence-corrected chi connectivity index (χ3v) is 6.27. The average Bonchev–Trinajstić information content (AvgIpc) is 2.86. The lowest BCUT2D eigenvalue weighted by Gasteiger charge is -2.19. The molecule has 3 nitrogen and oxygen atoms in total. The molecule has 1 aromatic rings. The predicted molar refractivity (Wildman–Crippen MR) is 85.7 cm³/mol. The predicted octanol–water partition coefficient (Wildman–Crippen LogP) is 3.48. The Morgan fingerprint density at radius 2 is 1.95 bits per heavy atom. The molecule has 0 radical (unpaired) electrons. The molecular weight excluding hydrogens is 338 g/mol. The highest BCUT2D eigenvalue weighted by molar-refractivity contribution is 9.09. The molecule has 0 aromatic heterocycles. The maximum absolute atomic E-state index is 12.4. The van der Waals surface area contributed by atoms with Gasteiger partial charge in [-0.15, -0.1) is 0 Å². The molecule has 1 saturated carbocycles. The molecule has 2 rings (SSSR count). The third kappa shape index (κ3) is 3.83. The Morgan fingerprint density at radius 3 is 2.55 bits per heavy atom. The Kier molecular flexibility index (Phi) is 5.64. The number of hydrogen-bond donors (Lipinski definition) is 1. The summed E-state index contributed by atoms with van der Waals surface area (Å²) in [6.07, 6.45) is 5.18. The van der Waals surface area contributed by atoms with Crippen molar-refractivity contribution in [3.8, 4) is 0 Å². The largest absolute Gasteiger partial charge is 0.240 e. The Bertz CT molecular complexity index is 527. The van der Waals surface area contributed by atoms with Gasteiger partial charge in [-0.2, -0.15) is 0 Å². The van der Waals surface area contributed by atoms with E-state index < -0.39 is 10.0 Å². The molecule has 5 heteroatoms. The first kappa shape index (κ1) is 16.0. The molecular formula is C15H22BrNO2S. The van der Waals surface area contributed by atoms with Crippen molar-refractivity contribution in [2.75, 3.05) is 5.33 Å². The topological polar surface area (TPSA) is 46.2 Å². The summed E-state index contributed by atoms with van der Waals surface area (Å²) >= 11 is 3.47.